The molecule has 2 aliphatic rings. The Bertz CT molecular complexity index is 545. The van der Waals surface area contributed by atoms with Crippen molar-refractivity contribution >= 4 is 29.9 Å². The van der Waals surface area contributed by atoms with Crippen LogP contribution in [0.5, 0.6) is 5.75 Å². The fourth-order valence-electron chi connectivity index (χ4n) is 3.29. The summed E-state index contributed by atoms with van der Waals surface area (Å²) in [5, 5.41) is 3.60. The van der Waals surface area contributed by atoms with Crippen LogP contribution < -0.4 is 10.1 Å². The smallest absolute Gasteiger partial charge is 0.260 e. The highest BCUT2D eigenvalue weighted by atomic mass is 35.5. The second-order valence-corrected chi connectivity index (χ2v) is 6.41. The minimum Gasteiger partial charge on any atom is -0.482 e. The lowest BCUT2D eigenvalue weighted by atomic mass is 9.92. The number of benzene rings is 1. The highest BCUT2D eigenvalue weighted by Crippen LogP contribution is 2.28. The number of ether oxygens (including phenoxy) is 1. The van der Waals surface area contributed by atoms with Crippen molar-refractivity contribution in [2.75, 3.05) is 32.8 Å². The maximum atomic E-state index is 13.0. The van der Waals surface area contributed by atoms with Crippen molar-refractivity contribution in [2.45, 2.75) is 12.8 Å². The predicted octanol–water partition coefficient (Wildman–Crippen LogP) is 2.74. The lowest BCUT2D eigenvalue weighted by Gasteiger charge is -2.21. The normalized spacial score (nSPS) is 23.7. The van der Waals surface area contributed by atoms with Crippen LogP contribution in [0.2, 0.25) is 5.02 Å². The Morgan fingerprint density at radius 2 is 1.96 bits per heavy atom. The van der Waals surface area contributed by atoms with Crippen molar-refractivity contribution in [3.63, 3.8) is 0 Å². The zero-order valence-electron chi connectivity index (χ0n) is 12.8. The number of hydrogen-bond donors (Lipinski definition) is 1. The molecule has 1 aromatic carbocycles. The van der Waals surface area contributed by atoms with E-state index in [0.29, 0.717) is 17.6 Å². The van der Waals surface area contributed by atoms with Crippen LogP contribution in [0, 0.1) is 17.7 Å². The minimum absolute atomic E-state index is 0. The molecule has 0 saturated carbocycles. The summed E-state index contributed by atoms with van der Waals surface area (Å²) in [6.45, 7) is 3.63. The first-order valence-corrected chi connectivity index (χ1v) is 8.07. The molecular weight excluding hydrogens is 342 g/mol. The number of nitrogens with one attached hydrogen (secondary N) is 1. The van der Waals surface area contributed by atoms with Crippen LogP contribution >= 0.6 is 24.0 Å². The molecule has 4 nitrogen and oxygen atoms in total. The van der Waals surface area contributed by atoms with E-state index in [-0.39, 0.29) is 29.9 Å². The van der Waals surface area contributed by atoms with Crippen molar-refractivity contribution in [1.29, 1.82) is 0 Å². The van der Waals surface area contributed by atoms with Gasteiger partial charge in [0.2, 0.25) is 0 Å². The Kier molecular flexibility index (Phi) is 6.50. The van der Waals surface area contributed by atoms with Gasteiger partial charge < -0.3 is 15.0 Å². The Hall–Kier alpha value is -1.04. The molecule has 2 heterocycles. The van der Waals surface area contributed by atoms with Crippen molar-refractivity contribution in [3.05, 3.63) is 29.0 Å². The third-order valence-electron chi connectivity index (χ3n) is 4.62. The standard InChI is InChI=1S/C16H20ClFN2O2.ClH/c17-14-7-13(18)1-2-15(14)22-10-16(21)20-5-3-11-8-19-9-12(11)4-6-20;/h1-2,7,11-12,19H,3-6,8-10H2;1H/t11-,12+;. The Morgan fingerprint density at radius 3 is 2.57 bits per heavy atom. The molecule has 1 N–H and O–H groups in total. The first kappa shape index (κ1) is 18.3. The van der Waals surface area contributed by atoms with Crippen LogP contribution in [-0.2, 0) is 4.79 Å². The molecule has 128 valence electrons. The third kappa shape index (κ3) is 4.49. The average molecular weight is 363 g/mol. The van der Waals surface area contributed by atoms with Crippen LogP contribution in [0.25, 0.3) is 0 Å². The molecule has 23 heavy (non-hydrogen) atoms. The summed E-state index contributed by atoms with van der Waals surface area (Å²) in [5.41, 5.74) is 0. The lowest BCUT2D eigenvalue weighted by Crippen LogP contribution is -2.36. The number of fused-ring (bicyclic) bond motifs is 1. The van der Waals surface area contributed by atoms with Gasteiger partial charge in [-0.3, -0.25) is 4.79 Å². The molecule has 0 bridgehead atoms. The number of rotatable bonds is 3. The molecule has 0 aromatic heterocycles. The number of hydrogen-bond acceptors (Lipinski definition) is 3. The molecular formula is C16H21Cl2FN2O2. The first-order valence-electron chi connectivity index (χ1n) is 7.70. The van der Waals surface area contributed by atoms with E-state index in [1.165, 1.54) is 18.2 Å². The topological polar surface area (TPSA) is 41.6 Å². The maximum Gasteiger partial charge on any atom is 0.260 e. The van der Waals surface area contributed by atoms with Gasteiger partial charge in [-0.05, 0) is 56.0 Å². The van der Waals surface area contributed by atoms with E-state index in [1.807, 2.05) is 4.90 Å². The summed E-state index contributed by atoms with van der Waals surface area (Å²) < 4.78 is 18.4. The largest absolute Gasteiger partial charge is 0.482 e. The molecule has 1 amide bonds. The summed E-state index contributed by atoms with van der Waals surface area (Å²) in [7, 11) is 0. The summed E-state index contributed by atoms with van der Waals surface area (Å²) >= 11 is 5.89. The van der Waals surface area contributed by atoms with Gasteiger partial charge in [0.05, 0.1) is 5.02 Å². The van der Waals surface area contributed by atoms with Gasteiger partial charge in [0.25, 0.3) is 5.91 Å². The molecule has 0 aliphatic carbocycles. The summed E-state index contributed by atoms with van der Waals surface area (Å²) in [4.78, 5) is 14.2. The van der Waals surface area contributed by atoms with E-state index in [9.17, 15) is 9.18 Å². The van der Waals surface area contributed by atoms with Gasteiger partial charge in [0.1, 0.15) is 11.6 Å². The molecule has 2 fully saturated rings. The number of nitrogens with zero attached hydrogens (tertiary/aromatic N) is 1. The second-order valence-electron chi connectivity index (χ2n) is 6.00. The summed E-state index contributed by atoms with van der Waals surface area (Å²) in [6, 6.07) is 3.90. The second kappa shape index (κ2) is 8.18. The van der Waals surface area contributed by atoms with Gasteiger partial charge in [-0.1, -0.05) is 11.6 Å². The lowest BCUT2D eigenvalue weighted by molar-refractivity contribution is -0.133. The quantitative estimate of drug-likeness (QED) is 0.898. The van der Waals surface area contributed by atoms with E-state index in [0.717, 1.165) is 39.0 Å². The highest BCUT2D eigenvalue weighted by molar-refractivity contribution is 6.32. The SMILES string of the molecule is Cl.O=C(COc1ccc(F)cc1Cl)N1CC[C@@H]2CNC[C@@H]2CC1. The average Bonchev–Trinajstić information content (AvgIpc) is 2.85. The number of halogens is 3. The third-order valence-corrected chi connectivity index (χ3v) is 4.91. The molecule has 7 heteroatoms. The highest BCUT2D eigenvalue weighted by Gasteiger charge is 2.31. The van der Waals surface area contributed by atoms with Crippen LogP contribution in [0.3, 0.4) is 0 Å². The zero-order chi connectivity index (χ0) is 15.5. The van der Waals surface area contributed by atoms with Gasteiger partial charge in [-0.15, -0.1) is 12.4 Å². The summed E-state index contributed by atoms with van der Waals surface area (Å²) in [6.07, 6.45) is 2.08. The Morgan fingerprint density at radius 1 is 1.30 bits per heavy atom. The predicted molar refractivity (Wildman–Crippen MR) is 89.8 cm³/mol. The number of amides is 1. The molecule has 0 radical (unpaired) electrons. The van der Waals surface area contributed by atoms with Gasteiger partial charge in [0, 0.05) is 13.1 Å². The maximum absolute atomic E-state index is 13.0. The van der Waals surface area contributed by atoms with Crippen LogP contribution in [0.15, 0.2) is 18.2 Å². The van der Waals surface area contributed by atoms with Crippen LogP contribution in [-0.4, -0.2) is 43.6 Å². The fraction of sp³-hybridized carbons (Fsp3) is 0.562. The van der Waals surface area contributed by atoms with E-state index < -0.39 is 5.82 Å². The molecule has 0 unspecified atom stereocenters. The summed E-state index contributed by atoms with van der Waals surface area (Å²) in [5.74, 6) is 1.26. The molecule has 0 spiro atoms. The van der Waals surface area contributed by atoms with Crippen molar-refractivity contribution in [2.24, 2.45) is 11.8 Å². The van der Waals surface area contributed by atoms with Gasteiger partial charge >= 0.3 is 0 Å². The van der Waals surface area contributed by atoms with E-state index in [4.69, 9.17) is 16.3 Å². The zero-order valence-corrected chi connectivity index (χ0v) is 14.3. The van der Waals surface area contributed by atoms with Gasteiger partial charge in [-0.25, -0.2) is 4.39 Å². The molecule has 2 saturated heterocycles. The van der Waals surface area contributed by atoms with E-state index in [2.05, 4.69) is 5.32 Å². The Balaban J connectivity index is 0.00000192. The van der Waals surface area contributed by atoms with Gasteiger partial charge in [-0.2, -0.15) is 0 Å². The minimum atomic E-state index is -0.420. The number of likely N-dealkylation sites (tertiary alicyclic amines) is 1. The van der Waals surface area contributed by atoms with E-state index in [1.54, 1.807) is 0 Å². The Labute approximate surface area is 146 Å². The molecule has 1 aromatic rings. The molecule has 2 aliphatic heterocycles. The van der Waals surface area contributed by atoms with Crippen molar-refractivity contribution in [3.8, 4) is 5.75 Å². The first-order chi connectivity index (χ1) is 10.6. The monoisotopic (exact) mass is 362 g/mol. The molecule has 2 atom stereocenters. The number of carbonyl (C=O) groups excluding carboxylic acids is 1. The van der Waals surface area contributed by atoms with Gasteiger partial charge in [0.15, 0.2) is 6.61 Å². The molecule has 3 rings (SSSR count). The van der Waals surface area contributed by atoms with Crippen molar-refractivity contribution in [1.82, 2.24) is 10.2 Å². The van der Waals surface area contributed by atoms with Crippen LogP contribution in [0.1, 0.15) is 12.8 Å². The van der Waals surface area contributed by atoms with Crippen molar-refractivity contribution < 1.29 is 13.9 Å². The van der Waals surface area contributed by atoms with E-state index >= 15 is 0 Å². The fourth-order valence-corrected chi connectivity index (χ4v) is 3.51. The van der Waals surface area contributed by atoms with Crippen LogP contribution in [0.4, 0.5) is 4.39 Å². The number of carbonyl (C=O) groups is 1.